The Kier molecular flexibility index (Phi) is 4.20. The summed E-state index contributed by atoms with van der Waals surface area (Å²) < 4.78 is 0. The van der Waals surface area contributed by atoms with E-state index in [9.17, 15) is 9.59 Å². The Morgan fingerprint density at radius 1 is 1.26 bits per heavy atom. The summed E-state index contributed by atoms with van der Waals surface area (Å²) in [5, 5.41) is 2.74. The molecular weight excluding hydrogens is 240 g/mol. The van der Waals surface area contributed by atoms with Gasteiger partial charge in [0.05, 0.1) is 0 Å². The summed E-state index contributed by atoms with van der Waals surface area (Å²) in [5.74, 6) is -0.0941. The largest absolute Gasteiger partial charge is 0.343 e. The van der Waals surface area contributed by atoms with Crippen LogP contribution in [-0.2, 0) is 16.0 Å². The summed E-state index contributed by atoms with van der Waals surface area (Å²) in [7, 11) is 0. The smallest absolute Gasteiger partial charge is 0.250 e. The zero-order valence-electron chi connectivity index (χ0n) is 11.5. The van der Waals surface area contributed by atoms with Gasteiger partial charge in [0.15, 0.2) is 0 Å². The molecule has 0 aliphatic carbocycles. The maximum Gasteiger partial charge on any atom is 0.250 e. The average molecular weight is 260 g/mol. The van der Waals surface area contributed by atoms with Crippen LogP contribution in [0.4, 0.5) is 5.69 Å². The molecule has 1 unspecified atom stereocenters. The molecule has 102 valence electrons. The topological polar surface area (TPSA) is 49.4 Å². The Bertz CT molecular complexity index is 485. The summed E-state index contributed by atoms with van der Waals surface area (Å²) in [5.41, 5.74) is 2.01. The molecule has 1 saturated heterocycles. The molecule has 4 heteroatoms. The van der Waals surface area contributed by atoms with Gasteiger partial charge >= 0.3 is 0 Å². The highest BCUT2D eigenvalue weighted by molar-refractivity contribution is 6.06. The van der Waals surface area contributed by atoms with E-state index in [0.717, 1.165) is 24.1 Å². The average Bonchev–Trinajstić information content (AvgIpc) is 2.42. The molecule has 0 spiro atoms. The molecule has 0 aromatic heterocycles. The molecule has 4 nitrogen and oxygen atoms in total. The van der Waals surface area contributed by atoms with Crippen molar-refractivity contribution in [1.29, 1.82) is 0 Å². The van der Waals surface area contributed by atoms with Crippen LogP contribution in [-0.4, -0.2) is 24.4 Å². The van der Waals surface area contributed by atoms with Crippen LogP contribution in [0.15, 0.2) is 24.3 Å². The second-order valence-electron chi connectivity index (χ2n) is 4.83. The molecule has 1 aliphatic heterocycles. The number of carbonyl (C=O) groups is 2. The molecule has 2 amide bonds. The van der Waals surface area contributed by atoms with Crippen molar-refractivity contribution in [2.75, 3.05) is 11.4 Å². The number of hydrogen-bond acceptors (Lipinski definition) is 2. The van der Waals surface area contributed by atoms with E-state index in [4.69, 9.17) is 0 Å². The minimum absolute atomic E-state index is 0.00865. The van der Waals surface area contributed by atoms with E-state index in [1.807, 2.05) is 31.2 Å². The molecule has 0 radical (unpaired) electrons. The molecule has 0 saturated carbocycles. The second kappa shape index (κ2) is 5.87. The first-order valence-corrected chi connectivity index (χ1v) is 6.86. The van der Waals surface area contributed by atoms with Crippen LogP contribution < -0.4 is 10.2 Å². The minimum Gasteiger partial charge on any atom is -0.343 e. The third-order valence-corrected chi connectivity index (χ3v) is 3.41. The number of hydrogen-bond donors (Lipinski definition) is 1. The summed E-state index contributed by atoms with van der Waals surface area (Å²) >= 11 is 0. The molecule has 1 aliphatic rings. The van der Waals surface area contributed by atoms with Gasteiger partial charge in [-0.1, -0.05) is 38.5 Å². The first-order valence-electron chi connectivity index (χ1n) is 6.86. The molecule has 19 heavy (non-hydrogen) atoms. The fourth-order valence-corrected chi connectivity index (χ4v) is 2.45. The van der Waals surface area contributed by atoms with Gasteiger partial charge in [-0.2, -0.15) is 0 Å². The zero-order valence-corrected chi connectivity index (χ0v) is 11.5. The minimum atomic E-state index is -0.393. The van der Waals surface area contributed by atoms with Crippen molar-refractivity contribution in [1.82, 2.24) is 5.32 Å². The zero-order chi connectivity index (χ0) is 13.8. The van der Waals surface area contributed by atoms with E-state index >= 15 is 0 Å². The Morgan fingerprint density at radius 3 is 2.68 bits per heavy atom. The molecule has 1 aromatic carbocycles. The van der Waals surface area contributed by atoms with Crippen LogP contribution in [0.25, 0.3) is 0 Å². The summed E-state index contributed by atoms with van der Waals surface area (Å²) in [6.45, 7) is 4.14. The van der Waals surface area contributed by atoms with Crippen LogP contribution >= 0.6 is 0 Å². The lowest BCUT2D eigenvalue weighted by molar-refractivity contribution is -0.131. The third-order valence-electron chi connectivity index (χ3n) is 3.41. The molecule has 1 fully saturated rings. The fraction of sp³-hybridized carbons (Fsp3) is 0.467. The Balaban J connectivity index is 2.34. The summed E-state index contributed by atoms with van der Waals surface area (Å²) in [4.78, 5) is 25.7. The molecule has 1 aromatic rings. The van der Waals surface area contributed by atoms with Crippen molar-refractivity contribution in [3.05, 3.63) is 29.8 Å². The number of benzene rings is 1. The first-order chi connectivity index (χ1) is 9.17. The van der Waals surface area contributed by atoms with Gasteiger partial charge in [-0.3, -0.25) is 9.59 Å². The summed E-state index contributed by atoms with van der Waals surface area (Å²) in [6.07, 6.45) is 2.55. The van der Waals surface area contributed by atoms with Crippen LogP contribution in [0.1, 0.15) is 32.3 Å². The van der Waals surface area contributed by atoms with Crippen LogP contribution in [0.3, 0.4) is 0 Å². The number of aryl methyl sites for hydroxylation is 1. The van der Waals surface area contributed by atoms with Crippen molar-refractivity contribution in [2.24, 2.45) is 0 Å². The van der Waals surface area contributed by atoms with Gasteiger partial charge in [0.25, 0.3) is 0 Å². The number of rotatable bonds is 4. The van der Waals surface area contributed by atoms with Gasteiger partial charge < -0.3 is 10.2 Å². The maximum atomic E-state index is 12.4. The third kappa shape index (κ3) is 2.78. The number of para-hydroxylation sites is 1. The number of amides is 2. The number of carbonyl (C=O) groups excluding carboxylic acids is 2. The Morgan fingerprint density at radius 2 is 2.00 bits per heavy atom. The van der Waals surface area contributed by atoms with Crippen molar-refractivity contribution >= 4 is 17.5 Å². The predicted octanol–water partition coefficient (Wildman–Crippen LogP) is 1.88. The molecular formula is C15H20N2O2. The van der Waals surface area contributed by atoms with Crippen molar-refractivity contribution < 1.29 is 9.59 Å². The monoisotopic (exact) mass is 260 g/mol. The van der Waals surface area contributed by atoms with Gasteiger partial charge in [0, 0.05) is 5.69 Å². The van der Waals surface area contributed by atoms with Gasteiger partial charge in [0.1, 0.15) is 12.6 Å². The van der Waals surface area contributed by atoms with E-state index in [1.165, 1.54) is 0 Å². The number of piperazine rings is 1. The van der Waals surface area contributed by atoms with Crippen molar-refractivity contribution in [2.45, 2.75) is 39.2 Å². The van der Waals surface area contributed by atoms with E-state index in [-0.39, 0.29) is 18.4 Å². The van der Waals surface area contributed by atoms with Crippen LogP contribution in [0.2, 0.25) is 0 Å². The quantitative estimate of drug-likeness (QED) is 0.898. The maximum absolute atomic E-state index is 12.4. The van der Waals surface area contributed by atoms with Gasteiger partial charge in [-0.25, -0.2) is 0 Å². The lowest BCUT2D eigenvalue weighted by Gasteiger charge is -2.33. The van der Waals surface area contributed by atoms with Crippen molar-refractivity contribution in [3.8, 4) is 0 Å². The highest BCUT2D eigenvalue weighted by Crippen LogP contribution is 2.24. The molecule has 1 heterocycles. The van der Waals surface area contributed by atoms with Gasteiger partial charge in [-0.15, -0.1) is 0 Å². The SMILES string of the molecule is CCCc1ccccc1N1CC(=O)NC(CC)C1=O. The van der Waals surface area contributed by atoms with Crippen molar-refractivity contribution in [3.63, 3.8) is 0 Å². The lowest BCUT2D eigenvalue weighted by atomic mass is 10.0. The Hall–Kier alpha value is -1.84. The number of anilines is 1. The standard InChI is InChI=1S/C15H20N2O2/c1-3-7-11-8-5-6-9-13(11)17-10-14(18)16-12(4-2)15(17)19/h5-6,8-9,12H,3-4,7,10H2,1-2H3,(H,16,18). The molecule has 0 bridgehead atoms. The highest BCUT2D eigenvalue weighted by atomic mass is 16.2. The predicted molar refractivity (Wildman–Crippen MR) is 75.0 cm³/mol. The van der Waals surface area contributed by atoms with E-state index in [0.29, 0.717) is 6.42 Å². The normalized spacial score (nSPS) is 19.5. The fourth-order valence-electron chi connectivity index (χ4n) is 2.45. The second-order valence-corrected chi connectivity index (χ2v) is 4.83. The van der Waals surface area contributed by atoms with Crippen LogP contribution in [0, 0.1) is 0 Å². The molecule has 1 N–H and O–H groups in total. The van der Waals surface area contributed by atoms with Gasteiger partial charge in [0.2, 0.25) is 11.8 Å². The lowest BCUT2D eigenvalue weighted by Crippen LogP contribution is -2.58. The molecule has 1 atom stereocenters. The number of nitrogens with zero attached hydrogens (tertiary/aromatic N) is 1. The van der Waals surface area contributed by atoms with E-state index in [2.05, 4.69) is 12.2 Å². The summed E-state index contributed by atoms with van der Waals surface area (Å²) in [6, 6.07) is 7.44. The first kappa shape index (κ1) is 13.6. The van der Waals surface area contributed by atoms with Crippen LogP contribution in [0.5, 0.6) is 0 Å². The van der Waals surface area contributed by atoms with E-state index in [1.54, 1.807) is 4.90 Å². The van der Waals surface area contributed by atoms with E-state index < -0.39 is 6.04 Å². The van der Waals surface area contributed by atoms with Gasteiger partial charge in [-0.05, 0) is 24.5 Å². The highest BCUT2D eigenvalue weighted by Gasteiger charge is 2.32. The number of nitrogens with one attached hydrogen (secondary N) is 1. The molecule has 2 rings (SSSR count). The Labute approximate surface area is 113 Å².